The Hall–Kier alpha value is -2.10. The molecule has 0 bridgehead atoms. The first-order chi connectivity index (χ1) is 24.6. The molecule has 0 aromatic heterocycles. The molecule has 1 unspecified atom stereocenters. The van der Waals surface area contributed by atoms with Gasteiger partial charge in [-0.25, -0.2) is 0 Å². The second-order valence-electron chi connectivity index (χ2n) is 14.5. The van der Waals surface area contributed by atoms with Crippen molar-refractivity contribution in [3.63, 3.8) is 0 Å². The van der Waals surface area contributed by atoms with Gasteiger partial charge in [0.25, 0.3) is 0 Å². The summed E-state index contributed by atoms with van der Waals surface area (Å²) >= 11 is 0. The van der Waals surface area contributed by atoms with E-state index in [1.165, 1.54) is 135 Å². The number of hydrogen-bond acceptors (Lipinski definition) is 3. The molecular formula is C46H82O4. The molecule has 0 amide bonds. The molecule has 0 aliphatic carbocycles. The highest BCUT2D eigenvalue weighted by molar-refractivity contribution is 5.69. The van der Waals surface area contributed by atoms with Crippen LogP contribution < -0.4 is 0 Å². The van der Waals surface area contributed by atoms with E-state index in [0.717, 1.165) is 64.2 Å². The van der Waals surface area contributed by atoms with Crippen molar-refractivity contribution in [3.05, 3.63) is 48.6 Å². The molecule has 4 heteroatoms. The molecule has 0 spiro atoms. The average Bonchev–Trinajstić information content (AvgIpc) is 3.11. The largest absolute Gasteiger partial charge is 0.481 e. The van der Waals surface area contributed by atoms with Crippen LogP contribution in [-0.4, -0.2) is 23.1 Å². The standard InChI is InChI=1S/C46H82O4/c1-3-5-6-7-8-9-10-11-12-13-14-15-16-17-22-25-28-31-34-37-40-43-46(49)50-44(4-2)41-38-35-32-29-26-23-20-18-19-21-24-27-30-33-36-39-42-45(47)48/h8-9,11-12,14-15,17,22,44H,3-7,10,13,16,18-21,23-43H2,1-2H3,(H,47,48)/b9-8-,12-11-,15-14-,22-17-. The van der Waals surface area contributed by atoms with Crippen LogP contribution >= 0.6 is 0 Å². The zero-order chi connectivity index (χ0) is 36.4. The summed E-state index contributed by atoms with van der Waals surface area (Å²) in [5.41, 5.74) is 0. The molecule has 0 fully saturated rings. The third-order valence-electron chi connectivity index (χ3n) is 9.63. The normalized spacial score (nSPS) is 12.7. The van der Waals surface area contributed by atoms with Gasteiger partial charge in [0.1, 0.15) is 6.10 Å². The Labute approximate surface area is 311 Å². The van der Waals surface area contributed by atoms with Gasteiger partial charge in [-0.05, 0) is 77.0 Å². The number of carbonyl (C=O) groups excluding carboxylic acids is 1. The lowest BCUT2D eigenvalue weighted by Gasteiger charge is -2.16. The van der Waals surface area contributed by atoms with Crippen LogP contribution in [0.2, 0.25) is 0 Å². The first-order valence-corrected chi connectivity index (χ1v) is 21.6. The highest BCUT2D eigenvalue weighted by Crippen LogP contribution is 2.17. The van der Waals surface area contributed by atoms with Crippen molar-refractivity contribution in [1.29, 1.82) is 0 Å². The molecule has 1 N–H and O–H groups in total. The maximum atomic E-state index is 12.4. The van der Waals surface area contributed by atoms with E-state index in [2.05, 4.69) is 62.5 Å². The first kappa shape index (κ1) is 47.9. The number of carboxylic acids is 1. The Kier molecular flexibility index (Phi) is 39.6. The van der Waals surface area contributed by atoms with Crippen molar-refractivity contribution in [2.45, 2.75) is 232 Å². The Morgan fingerprint density at radius 2 is 0.820 bits per heavy atom. The third-order valence-corrected chi connectivity index (χ3v) is 9.63. The summed E-state index contributed by atoms with van der Waals surface area (Å²) in [5, 5.41) is 8.66. The van der Waals surface area contributed by atoms with Crippen LogP contribution in [0.3, 0.4) is 0 Å². The van der Waals surface area contributed by atoms with Crippen LogP contribution in [0.25, 0.3) is 0 Å². The number of aliphatic carboxylic acids is 1. The van der Waals surface area contributed by atoms with Gasteiger partial charge in [0.05, 0.1) is 0 Å². The Balaban J connectivity index is 3.49. The second-order valence-corrected chi connectivity index (χ2v) is 14.5. The Morgan fingerprint density at radius 1 is 0.460 bits per heavy atom. The van der Waals surface area contributed by atoms with Crippen LogP contribution in [0.1, 0.15) is 226 Å². The minimum atomic E-state index is -0.665. The van der Waals surface area contributed by atoms with Gasteiger partial charge >= 0.3 is 11.9 Å². The molecule has 0 radical (unpaired) electrons. The topological polar surface area (TPSA) is 63.6 Å². The molecule has 1 atom stereocenters. The van der Waals surface area contributed by atoms with Gasteiger partial charge in [-0.15, -0.1) is 0 Å². The van der Waals surface area contributed by atoms with Crippen LogP contribution in [0, 0.1) is 0 Å². The summed E-state index contributed by atoms with van der Waals surface area (Å²) in [7, 11) is 0. The number of carbonyl (C=O) groups is 2. The van der Waals surface area contributed by atoms with Crippen molar-refractivity contribution >= 4 is 11.9 Å². The highest BCUT2D eigenvalue weighted by atomic mass is 16.5. The SMILES string of the molecule is CCCCC/C=C\C/C=C\C/C=C\C/C=C\CCCCCCCC(=O)OC(CC)CCCCCCCCCCCCCCCCCCC(=O)O. The number of ether oxygens (including phenoxy) is 1. The van der Waals surface area contributed by atoms with E-state index in [9.17, 15) is 9.59 Å². The average molecular weight is 699 g/mol. The predicted octanol–water partition coefficient (Wildman–Crippen LogP) is 15.1. The molecule has 290 valence electrons. The molecule has 4 nitrogen and oxygen atoms in total. The van der Waals surface area contributed by atoms with E-state index in [-0.39, 0.29) is 12.1 Å². The fourth-order valence-electron chi connectivity index (χ4n) is 6.34. The lowest BCUT2D eigenvalue weighted by molar-refractivity contribution is -0.149. The highest BCUT2D eigenvalue weighted by Gasteiger charge is 2.12. The van der Waals surface area contributed by atoms with Crippen molar-refractivity contribution in [2.75, 3.05) is 0 Å². The van der Waals surface area contributed by atoms with E-state index >= 15 is 0 Å². The maximum absolute atomic E-state index is 12.4. The number of hydrogen-bond donors (Lipinski definition) is 1. The van der Waals surface area contributed by atoms with E-state index in [0.29, 0.717) is 12.8 Å². The lowest BCUT2D eigenvalue weighted by Crippen LogP contribution is -2.17. The van der Waals surface area contributed by atoms with Crippen LogP contribution in [0.4, 0.5) is 0 Å². The number of esters is 1. The Morgan fingerprint density at radius 3 is 1.24 bits per heavy atom. The van der Waals surface area contributed by atoms with Crippen LogP contribution in [0.5, 0.6) is 0 Å². The number of carboxylic acid groups (broad SMARTS) is 1. The summed E-state index contributed by atoms with van der Waals surface area (Å²) in [6, 6.07) is 0. The molecule has 0 rings (SSSR count). The van der Waals surface area contributed by atoms with Gasteiger partial charge < -0.3 is 9.84 Å². The maximum Gasteiger partial charge on any atom is 0.306 e. The molecule has 0 saturated heterocycles. The van der Waals surface area contributed by atoms with Crippen molar-refractivity contribution < 1.29 is 19.4 Å². The van der Waals surface area contributed by atoms with Gasteiger partial charge in [0, 0.05) is 12.8 Å². The zero-order valence-electron chi connectivity index (χ0n) is 33.2. The Bertz CT molecular complexity index is 839. The quantitative estimate of drug-likeness (QED) is 0.0394. The fraction of sp³-hybridized carbons (Fsp3) is 0.783. The van der Waals surface area contributed by atoms with Crippen LogP contribution in [0.15, 0.2) is 48.6 Å². The number of allylic oxidation sites excluding steroid dienone is 8. The van der Waals surface area contributed by atoms with Crippen LogP contribution in [-0.2, 0) is 14.3 Å². The van der Waals surface area contributed by atoms with Gasteiger partial charge in [0.15, 0.2) is 0 Å². The molecule has 50 heavy (non-hydrogen) atoms. The smallest absolute Gasteiger partial charge is 0.306 e. The second kappa shape index (κ2) is 41.3. The van der Waals surface area contributed by atoms with Crippen molar-refractivity contribution in [3.8, 4) is 0 Å². The summed E-state index contributed by atoms with van der Waals surface area (Å²) in [4.78, 5) is 22.9. The molecular weight excluding hydrogens is 617 g/mol. The lowest BCUT2D eigenvalue weighted by atomic mass is 10.0. The number of rotatable bonds is 39. The first-order valence-electron chi connectivity index (χ1n) is 21.6. The molecule has 0 heterocycles. The van der Waals surface area contributed by atoms with E-state index in [4.69, 9.17) is 9.84 Å². The summed E-state index contributed by atoms with van der Waals surface area (Å²) in [5.74, 6) is -0.659. The molecule has 0 aromatic carbocycles. The van der Waals surface area contributed by atoms with Gasteiger partial charge in [-0.2, -0.15) is 0 Å². The van der Waals surface area contributed by atoms with Crippen molar-refractivity contribution in [1.82, 2.24) is 0 Å². The van der Waals surface area contributed by atoms with E-state index in [1.807, 2.05) is 0 Å². The van der Waals surface area contributed by atoms with Gasteiger partial charge in [0.2, 0.25) is 0 Å². The summed E-state index contributed by atoms with van der Waals surface area (Å²) in [6.45, 7) is 4.39. The zero-order valence-corrected chi connectivity index (χ0v) is 33.2. The third kappa shape index (κ3) is 40.3. The summed E-state index contributed by atoms with van der Waals surface area (Å²) in [6.07, 6.45) is 56.6. The molecule has 0 saturated carbocycles. The van der Waals surface area contributed by atoms with E-state index in [1.54, 1.807) is 0 Å². The molecule has 0 aliphatic rings. The molecule has 0 aliphatic heterocycles. The predicted molar refractivity (Wildman–Crippen MR) is 218 cm³/mol. The van der Waals surface area contributed by atoms with Gasteiger partial charge in [-0.3, -0.25) is 9.59 Å². The summed E-state index contributed by atoms with van der Waals surface area (Å²) < 4.78 is 5.80. The molecule has 0 aromatic rings. The van der Waals surface area contributed by atoms with E-state index < -0.39 is 5.97 Å². The number of unbranched alkanes of at least 4 members (excludes halogenated alkanes) is 23. The van der Waals surface area contributed by atoms with Crippen molar-refractivity contribution in [2.24, 2.45) is 0 Å². The monoisotopic (exact) mass is 699 g/mol. The minimum Gasteiger partial charge on any atom is -0.481 e. The fourth-order valence-corrected chi connectivity index (χ4v) is 6.34. The van der Waals surface area contributed by atoms with Gasteiger partial charge in [-0.1, -0.05) is 184 Å². The minimum absolute atomic E-state index is 0.00551.